The lowest BCUT2D eigenvalue weighted by Gasteiger charge is -2.32. The number of hydrogen-bond acceptors (Lipinski definition) is 1. The van der Waals surface area contributed by atoms with E-state index in [0.29, 0.717) is 17.2 Å². The summed E-state index contributed by atoms with van der Waals surface area (Å²) in [5, 5.41) is 0. The molecule has 1 aliphatic rings. The standard InChI is InChI=1S/C12H23NO/c1-5-13-9-8-12(4,10(2)3)7-6-11(13)14/h10H,5-9H2,1-4H3. The highest BCUT2D eigenvalue weighted by atomic mass is 16.2. The third kappa shape index (κ3) is 2.28. The van der Waals surface area contributed by atoms with Gasteiger partial charge in [0.2, 0.25) is 5.91 Å². The Morgan fingerprint density at radius 1 is 1.43 bits per heavy atom. The molecule has 1 fully saturated rings. The lowest BCUT2D eigenvalue weighted by Crippen LogP contribution is -2.30. The quantitative estimate of drug-likeness (QED) is 0.666. The van der Waals surface area contributed by atoms with Crippen LogP contribution in [0.2, 0.25) is 0 Å². The lowest BCUT2D eigenvalue weighted by atomic mass is 9.73. The zero-order chi connectivity index (χ0) is 10.8. The molecule has 0 radical (unpaired) electrons. The lowest BCUT2D eigenvalue weighted by molar-refractivity contribution is -0.130. The molecule has 2 heteroatoms. The third-order valence-corrected chi connectivity index (χ3v) is 3.99. The fourth-order valence-corrected chi connectivity index (χ4v) is 2.10. The van der Waals surface area contributed by atoms with Crippen molar-refractivity contribution >= 4 is 5.91 Å². The molecule has 1 rings (SSSR count). The fraction of sp³-hybridized carbons (Fsp3) is 0.917. The number of rotatable bonds is 2. The molecule has 0 bridgehead atoms. The van der Waals surface area contributed by atoms with E-state index >= 15 is 0 Å². The van der Waals surface area contributed by atoms with Crippen LogP contribution in [-0.2, 0) is 4.79 Å². The van der Waals surface area contributed by atoms with E-state index in [2.05, 4.69) is 27.7 Å². The number of carbonyl (C=O) groups is 1. The van der Waals surface area contributed by atoms with Gasteiger partial charge in [-0.1, -0.05) is 20.8 Å². The largest absolute Gasteiger partial charge is 0.343 e. The van der Waals surface area contributed by atoms with Gasteiger partial charge in [-0.3, -0.25) is 4.79 Å². The molecule has 0 aromatic carbocycles. The normalized spacial score (nSPS) is 29.5. The second-order valence-electron chi connectivity index (χ2n) is 5.03. The second-order valence-corrected chi connectivity index (χ2v) is 5.03. The molecule has 0 aliphatic carbocycles. The first kappa shape index (κ1) is 11.5. The minimum absolute atomic E-state index is 0.344. The summed E-state index contributed by atoms with van der Waals surface area (Å²) in [5.74, 6) is 1.02. The predicted octanol–water partition coefficient (Wildman–Crippen LogP) is 2.68. The maximum Gasteiger partial charge on any atom is 0.222 e. The summed E-state index contributed by atoms with van der Waals surface area (Å²) in [6.07, 6.45) is 2.95. The summed E-state index contributed by atoms with van der Waals surface area (Å²) < 4.78 is 0. The van der Waals surface area contributed by atoms with Crippen molar-refractivity contribution in [3.05, 3.63) is 0 Å². The van der Waals surface area contributed by atoms with Crippen molar-refractivity contribution in [2.45, 2.75) is 47.0 Å². The molecule has 0 spiro atoms. The molecule has 0 aromatic rings. The van der Waals surface area contributed by atoms with Gasteiger partial charge in [0.05, 0.1) is 0 Å². The van der Waals surface area contributed by atoms with Crippen molar-refractivity contribution in [2.75, 3.05) is 13.1 Å². The number of amides is 1. The Labute approximate surface area is 87.7 Å². The van der Waals surface area contributed by atoms with Crippen molar-refractivity contribution in [3.8, 4) is 0 Å². The van der Waals surface area contributed by atoms with Crippen molar-refractivity contribution in [3.63, 3.8) is 0 Å². The Morgan fingerprint density at radius 3 is 2.57 bits per heavy atom. The number of carbonyl (C=O) groups excluding carboxylic acids is 1. The molecule has 1 unspecified atom stereocenters. The topological polar surface area (TPSA) is 20.3 Å². The summed E-state index contributed by atoms with van der Waals surface area (Å²) >= 11 is 0. The van der Waals surface area contributed by atoms with Crippen molar-refractivity contribution in [1.82, 2.24) is 4.90 Å². The molecule has 1 aliphatic heterocycles. The van der Waals surface area contributed by atoms with E-state index in [1.807, 2.05) is 4.90 Å². The smallest absolute Gasteiger partial charge is 0.222 e. The van der Waals surface area contributed by atoms with E-state index in [-0.39, 0.29) is 0 Å². The van der Waals surface area contributed by atoms with Crippen LogP contribution in [0.4, 0.5) is 0 Å². The summed E-state index contributed by atoms with van der Waals surface area (Å²) in [6, 6.07) is 0. The average Bonchev–Trinajstić information content (AvgIpc) is 2.28. The van der Waals surface area contributed by atoms with Crippen LogP contribution in [0, 0.1) is 11.3 Å². The summed E-state index contributed by atoms with van der Waals surface area (Å²) in [6.45, 7) is 10.7. The molecule has 1 amide bonds. The fourth-order valence-electron chi connectivity index (χ4n) is 2.10. The van der Waals surface area contributed by atoms with Crippen LogP contribution in [0.3, 0.4) is 0 Å². The zero-order valence-corrected chi connectivity index (χ0v) is 9.97. The molecule has 1 saturated heterocycles. The van der Waals surface area contributed by atoms with Gasteiger partial charge in [0.1, 0.15) is 0 Å². The molecule has 1 atom stereocenters. The van der Waals surface area contributed by atoms with Gasteiger partial charge in [0.25, 0.3) is 0 Å². The summed E-state index contributed by atoms with van der Waals surface area (Å²) in [7, 11) is 0. The summed E-state index contributed by atoms with van der Waals surface area (Å²) in [4.78, 5) is 13.7. The highest BCUT2D eigenvalue weighted by Gasteiger charge is 2.32. The minimum atomic E-state index is 0.344. The molecule has 14 heavy (non-hydrogen) atoms. The minimum Gasteiger partial charge on any atom is -0.343 e. The van der Waals surface area contributed by atoms with Gasteiger partial charge < -0.3 is 4.90 Å². The molecule has 0 N–H and O–H groups in total. The Bertz CT molecular complexity index is 212. The van der Waals surface area contributed by atoms with E-state index in [0.717, 1.165) is 32.4 Å². The van der Waals surface area contributed by atoms with Gasteiger partial charge in [0.15, 0.2) is 0 Å². The van der Waals surface area contributed by atoms with Gasteiger partial charge in [-0.2, -0.15) is 0 Å². The van der Waals surface area contributed by atoms with Gasteiger partial charge >= 0.3 is 0 Å². The van der Waals surface area contributed by atoms with Crippen LogP contribution in [0.1, 0.15) is 47.0 Å². The maximum atomic E-state index is 11.7. The number of nitrogens with zero attached hydrogens (tertiary/aromatic N) is 1. The van der Waals surface area contributed by atoms with Crippen LogP contribution >= 0.6 is 0 Å². The van der Waals surface area contributed by atoms with Crippen molar-refractivity contribution < 1.29 is 4.79 Å². The van der Waals surface area contributed by atoms with Crippen LogP contribution in [0.25, 0.3) is 0 Å². The van der Waals surface area contributed by atoms with Crippen LogP contribution in [-0.4, -0.2) is 23.9 Å². The first-order valence-electron chi connectivity index (χ1n) is 5.77. The van der Waals surface area contributed by atoms with E-state index in [9.17, 15) is 4.79 Å². The average molecular weight is 197 g/mol. The first-order valence-corrected chi connectivity index (χ1v) is 5.77. The monoisotopic (exact) mass is 197 g/mol. The Morgan fingerprint density at radius 2 is 2.07 bits per heavy atom. The SMILES string of the molecule is CCN1CCC(C)(C(C)C)CCC1=O. The summed E-state index contributed by atoms with van der Waals surface area (Å²) in [5.41, 5.74) is 0.361. The Hall–Kier alpha value is -0.530. The Balaban J connectivity index is 2.68. The second kappa shape index (κ2) is 4.33. The molecule has 1 heterocycles. The van der Waals surface area contributed by atoms with Crippen molar-refractivity contribution in [1.29, 1.82) is 0 Å². The maximum absolute atomic E-state index is 11.7. The van der Waals surface area contributed by atoms with Gasteiger partial charge in [-0.05, 0) is 31.1 Å². The van der Waals surface area contributed by atoms with Crippen LogP contribution in [0.15, 0.2) is 0 Å². The number of hydrogen-bond donors (Lipinski definition) is 0. The van der Waals surface area contributed by atoms with Gasteiger partial charge in [-0.15, -0.1) is 0 Å². The number of likely N-dealkylation sites (tertiary alicyclic amines) is 1. The van der Waals surface area contributed by atoms with E-state index in [1.165, 1.54) is 0 Å². The molecule has 2 nitrogen and oxygen atoms in total. The van der Waals surface area contributed by atoms with E-state index in [4.69, 9.17) is 0 Å². The Kier molecular flexibility index (Phi) is 3.57. The molecular weight excluding hydrogens is 174 g/mol. The molecule has 0 aromatic heterocycles. The highest BCUT2D eigenvalue weighted by Crippen LogP contribution is 2.38. The molecule has 82 valence electrons. The van der Waals surface area contributed by atoms with Gasteiger partial charge in [0, 0.05) is 19.5 Å². The van der Waals surface area contributed by atoms with E-state index < -0.39 is 0 Å². The zero-order valence-electron chi connectivity index (χ0n) is 9.97. The predicted molar refractivity (Wildman–Crippen MR) is 59.1 cm³/mol. The van der Waals surface area contributed by atoms with E-state index in [1.54, 1.807) is 0 Å². The first-order chi connectivity index (χ1) is 6.49. The molecular formula is C12H23NO. The molecule has 0 saturated carbocycles. The van der Waals surface area contributed by atoms with Gasteiger partial charge in [-0.25, -0.2) is 0 Å². The van der Waals surface area contributed by atoms with Crippen LogP contribution < -0.4 is 0 Å². The van der Waals surface area contributed by atoms with Crippen LogP contribution in [0.5, 0.6) is 0 Å². The van der Waals surface area contributed by atoms with Crippen molar-refractivity contribution in [2.24, 2.45) is 11.3 Å². The highest BCUT2D eigenvalue weighted by molar-refractivity contribution is 5.76. The third-order valence-electron chi connectivity index (χ3n) is 3.99.